The van der Waals surface area contributed by atoms with Crippen LogP contribution in [-0.4, -0.2) is 27.4 Å². The Hall–Kier alpha value is -3.71. The van der Waals surface area contributed by atoms with Gasteiger partial charge in [-0.2, -0.15) is 5.10 Å². The minimum Gasteiger partial charge on any atom is -0.493 e. The number of ether oxygens (including phenoxy) is 1. The molecule has 0 radical (unpaired) electrons. The van der Waals surface area contributed by atoms with E-state index in [2.05, 4.69) is 33.9 Å². The Morgan fingerprint density at radius 3 is 2.81 bits per heavy atom. The lowest BCUT2D eigenvalue weighted by Crippen LogP contribution is -2.35. The quantitative estimate of drug-likeness (QED) is 0.511. The summed E-state index contributed by atoms with van der Waals surface area (Å²) in [5.41, 5.74) is 3.38. The van der Waals surface area contributed by atoms with Crippen molar-refractivity contribution in [3.8, 4) is 5.75 Å². The van der Waals surface area contributed by atoms with Crippen molar-refractivity contribution in [2.24, 2.45) is 0 Å². The second-order valence-corrected chi connectivity index (χ2v) is 7.68. The molecule has 162 valence electrons. The summed E-state index contributed by atoms with van der Waals surface area (Å²) in [6.07, 6.45) is 10.2. The second-order valence-electron chi connectivity index (χ2n) is 7.27. The molecule has 2 aromatic carbocycles. The maximum absolute atomic E-state index is 12.7. The maximum Gasteiger partial charge on any atom is 0.276 e. The number of carbonyl (C=O) groups is 1. The van der Waals surface area contributed by atoms with Crippen LogP contribution in [0.1, 0.15) is 28.9 Å². The van der Waals surface area contributed by atoms with Gasteiger partial charge in [-0.15, -0.1) is 0 Å². The van der Waals surface area contributed by atoms with E-state index in [1.54, 1.807) is 16.9 Å². The normalized spacial score (nSPS) is 12.7. The lowest BCUT2D eigenvalue weighted by atomic mass is 10.1. The summed E-state index contributed by atoms with van der Waals surface area (Å²) in [5.74, 6) is 0.418. The van der Waals surface area contributed by atoms with E-state index >= 15 is 0 Å². The monoisotopic (exact) mass is 444 g/mol. The second kappa shape index (κ2) is 10.5. The van der Waals surface area contributed by atoms with Crippen LogP contribution in [0, 0.1) is 0 Å². The molecule has 1 aliphatic rings. The van der Waals surface area contributed by atoms with E-state index in [4.69, 9.17) is 17.0 Å². The topological polar surface area (TPSA) is 68.2 Å². The first kappa shape index (κ1) is 21.5. The van der Waals surface area contributed by atoms with Crippen LogP contribution in [0.15, 0.2) is 85.1 Å². The van der Waals surface area contributed by atoms with Gasteiger partial charge in [-0.1, -0.05) is 48.6 Å². The zero-order valence-electron chi connectivity index (χ0n) is 17.5. The van der Waals surface area contributed by atoms with Gasteiger partial charge in [0.1, 0.15) is 11.4 Å². The molecule has 1 amide bonds. The van der Waals surface area contributed by atoms with Crippen molar-refractivity contribution in [3.63, 3.8) is 0 Å². The van der Waals surface area contributed by atoms with E-state index in [-0.39, 0.29) is 11.0 Å². The molecule has 1 aliphatic carbocycles. The molecule has 1 aromatic heterocycles. The number of anilines is 1. The highest BCUT2D eigenvalue weighted by atomic mass is 32.1. The van der Waals surface area contributed by atoms with Crippen LogP contribution >= 0.6 is 12.2 Å². The van der Waals surface area contributed by atoms with Crippen LogP contribution in [0.3, 0.4) is 0 Å². The Morgan fingerprint density at radius 2 is 2.00 bits per heavy atom. The molecule has 1 heterocycles. The van der Waals surface area contributed by atoms with Crippen molar-refractivity contribution >= 4 is 34.6 Å². The predicted molar refractivity (Wildman–Crippen MR) is 131 cm³/mol. The van der Waals surface area contributed by atoms with Crippen LogP contribution in [-0.2, 0) is 6.42 Å². The smallest absolute Gasteiger partial charge is 0.276 e. The van der Waals surface area contributed by atoms with Gasteiger partial charge in [-0.05, 0) is 54.9 Å². The largest absolute Gasteiger partial charge is 0.493 e. The third kappa shape index (κ3) is 5.70. The first-order valence-electron chi connectivity index (χ1n) is 10.5. The number of thiocarbonyl (C=S) groups is 1. The zero-order valence-corrected chi connectivity index (χ0v) is 18.3. The van der Waals surface area contributed by atoms with E-state index in [1.165, 1.54) is 5.56 Å². The first-order valence-corrected chi connectivity index (χ1v) is 10.9. The molecular formula is C25H24N4O2S. The molecule has 3 aromatic rings. The van der Waals surface area contributed by atoms with E-state index in [1.807, 2.05) is 54.6 Å². The predicted octanol–water partition coefficient (Wildman–Crippen LogP) is 4.82. The van der Waals surface area contributed by atoms with Gasteiger partial charge >= 0.3 is 0 Å². The molecule has 2 N–H and O–H groups in total. The van der Waals surface area contributed by atoms with Gasteiger partial charge in [0.15, 0.2) is 5.11 Å². The fourth-order valence-electron chi connectivity index (χ4n) is 3.40. The van der Waals surface area contributed by atoms with Gasteiger partial charge in [0.25, 0.3) is 5.91 Å². The van der Waals surface area contributed by atoms with Crippen molar-refractivity contribution in [1.29, 1.82) is 0 Å². The molecule has 0 spiro atoms. The van der Waals surface area contributed by atoms with Crippen molar-refractivity contribution in [2.45, 2.75) is 19.3 Å². The number of benzene rings is 2. The molecule has 32 heavy (non-hydrogen) atoms. The van der Waals surface area contributed by atoms with Crippen molar-refractivity contribution < 1.29 is 9.53 Å². The number of hydrogen-bond acceptors (Lipinski definition) is 4. The molecule has 4 rings (SSSR count). The third-order valence-electron chi connectivity index (χ3n) is 4.96. The number of amides is 1. The summed E-state index contributed by atoms with van der Waals surface area (Å²) < 4.78 is 7.52. The molecule has 0 saturated carbocycles. The Morgan fingerprint density at radius 1 is 1.12 bits per heavy atom. The number of carbonyl (C=O) groups excluding carboxylic acids is 1. The van der Waals surface area contributed by atoms with Gasteiger partial charge in [0, 0.05) is 23.9 Å². The van der Waals surface area contributed by atoms with Gasteiger partial charge < -0.3 is 10.1 Å². The number of aromatic nitrogens is 2. The summed E-state index contributed by atoms with van der Waals surface area (Å²) in [5, 5.41) is 10.3. The number of hydrogen-bond donors (Lipinski definition) is 2. The van der Waals surface area contributed by atoms with E-state index in [9.17, 15) is 4.79 Å². The average Bonchev–Trinajstić information content (AvgIpc) is 3.31. The van der Waals surface area contributed by atoms with E-state index in [0.29, 0.717) is 12.3 Å². The molecule has 7 heteroatoms. The molecule has 6 nitrogen and oxygen atoms in total. The lowest BCUT2D eigenvalue weighted by molar-refractivity contribution is 0.0970. The van der Waals surface area contributed by atoms with Crippen LogP contribution in [0.4, 0.5) is 5.69 Å². The Balaban J connectivity index is 1.32. The van der Waals surface area contributed by atoms with Crippen LogP contribution in [0.2, 0.25) is 0 Å². The zero-order chi connectivity index (χ0) is 22.2. The molecule has 0 saturated heterocycles. The first-order chi connectivity index (χ1) is 15.7. The van der Waals surface area contributed by atoms with Crippen LogP contribution in [0.25, 0.3) is 5.70 Å². The molecule has 0 atom stereocenters. The Bertz CT molecular complexity index is 1150. The summed E-state index contributed by atoms with van der Waals surface area (Å²) in [6, 6.07) is 19.4. The standard InChI is InChI=1S/C25H24N4O2S/c30-24(23-14-16-26-29(23)21-11-5-2-6-12-21)28-25(32)27-20-10-7-13-22(18-20)31-17-15-19-8-3-1-4-9-19/h1-5,7-11,13-14,16,18H,6,12,15,17H2,(H2,27,28,30,32). The molecular weight excluding hydrogens is 420 g/mol. The highest BCUT2D eigenvalue weighted by molar-refractivity contribution is 7.80. The summed E-state index contributed by atoms with van der Waals surface area (Å²) in [4.78, 5) is 12.7. The minimum absolute atomic E-state index is 0.210. The van der Waals surface area contributed by atoms with Gasteiger partial charge in [-0.3, -0.25) is 10.1 Å². The number of nitrogens with zero attached hydrogens (tertiary/aromatic N) is 2. The van der Waals surface area contributed by atoms with Crippen molar-refractivity contribution in [2.75, 3.05) is 11.9 Å². The lowest BCUT2D eigenvalue weighted by Gasteiger charge is -2.14. The molecule has 0 unspecified atom stereocenters. The summed E-state index contributed by atoms with van der Waals surface area (Å²) in [7, 11) is 0. The molecule has 0 aliphatic heterocycles. The number of nitrogens with one attached hydrogen (secondary N) is 2. The van der Waals surface area contributed by atoms with E-state index in [0.717, 1.165) is 36.4 Å². The SMILES string of the molecule is O=C(NC(=S)Nc1cccc(OCCc2ccccc2)c1)c1ccnn1C1=CC=CCC1. The highest BCUT2D eigenvalue weighted by Gasteiger charge is 2.16. The maximum atomic E-state index is 12.7. The minimum atomic E-state index is -0.314. The van der Waals surface area contributed by atoms with Crippen molar-refractivity contribution in [3.05, 3.63) is 96.3 Å². The van der Waals surface area contributed by atoms with Crippen molar-refractivity contribution in [1.82, 2.24) is 15.1 Å². The molecule has 0 bridgehead atoms. The summed E-state index contributed by atoms with van der Waals surface area (Å²) >= 11 is 5.34. The van der Waals surface area contributed by atoms with E-state index < -0.39 is 0 Å². The fraction of sp³-hybridized carbons (Fsp3) is 0.160. The Kier molecular flexibility index (Phi) is 7.09. The third-order valence-corrected chi connectivity index (χ3v) is 5.16. The number of rotatable bonds is 7. The van der Waals surface area contributed by atoms with Gasteiger partial charge in [0.2, 0.25) is 0 Å². The van der Waals surface area contributed by atoms with Crippen LogP contribution in [0.5, 0.6) is 5.75 Å². The average molecular weight is 445 g/mol. The van der Waals surface area contributed by atoms with Gasteiger partial charge in [0.05, 0.1) is 12.8 Å². The molecule has 0 fully saturated rings. The highest BCUT2D eigenvalue weighted by Crippen LogP contribution is 2.19. The van der Waals surface area contributed by atoms with Gasteiger partial charge in [-0.25, -0.2) is 4.68 Å². The number of allylic oxidation sites excluding steroid dienone is 4. The fourth-order valence-corrected chi connectivity index (χ4v) is 3.61. The Labute approximate surface area is 192 Å². The summed E-state index contributed by atoms with van der Waals surface area (Å²) in [6.45, 7) is 0.573. The van der Waals surface area contributed by atoms with Crippen LogP contribution < -0.4 is 15.4 Å².